The first kappa shape index (κ1) is 11.6. The highest BCUT2D eigenvalue weighted by Crippen LogP contribution is 2.24. The fourth-order valence-electron chi connectivity index (χ4n) is 1.74. The third kappa shape index (κ3) is 2.14. The molecule has 90 valence electrons. The van der Waals surface area contributed by atoms with Gasteiger partial charge in [-0.25, -0.2) is 9.18 Å². The Labute approximate surface area is 97.6 Å². The molecule has 0 saturated heterocycles. The second-order valence-corrected chi connectivity index (χ2v) is 3.66. The molecular formula is C12H13FN2O2. The van der Waals surface area contributed by atoms with Gasteiger partial charge in [0.1, 0.15) is 11.9 Å². The summed E-state index contributed by atoms with van der Waals surface area (Å²) in [5.74, 6) is -0.826. The number of hydrogen-bond donors (Lipinski definition) is 2. The molecule has 0 aliphatic rings. The van der Waals surface area contributed by atoms with Crippen molar-refractivity contribution in [2.24, 2.45) is 5.73 Å². The van der Waals surface area contributed by atoms with Crippen LogP contribution in [0.25, 0.3) is 10.9 Å². The van der Waals surface area contributed by atoms with Crippen LogP contribution in [0.1, 0.15) is 18.5 Å². The van der Waals surface area contributed by atoms with Crippen molar-refractivity contribution in [2.75, 3.05) is 6.61 Å². The number of fused-ring (bicyclic) bond motifs is 1. The molecule has 1 heterocycles. The van der Waals surface area contributed by atoms with Gasteiger partial charge in [-0.05, 0) is 25.1 Å². The molecule has 0 radical (unpaired) electrons. The van der Waals surface area contributed by atoms with E-state index in [-0.39, 0.29) is 12.4 Å². The SMILES string of the molecule is CCOC(=O)C(N)c1c[nH]c2cc(F)ccc12. The fourth-order valence-corrected chi connectivity index (χ4v) is 1.74. The van der Waals surface area contributed by atoms with E-state index in [0.29, 0.717) is 11.1 Å². The molecule has 1 aromatic heterocycles. The molecule has 5 heteroatoms. The second kappa shape index (κ2) is 4.55. The lowest BCUT2D eigenvalue weighted by Crippen LogP contribution is -2.23. The van der Waals surface area contributed by atoms with Crippen LogP contribution in [0.2, 0.25) is 0 Å². The molecule has 3 N–H and O–H groups in total. The number of nitrogens with two attached hydrogens (primary N) is 1. The molecule has 0 amide bonds. The van der Waals surface area contributed by atoms with E-state index < -0.39 is 12.0 Å². The Morgan fingerprint density at radius 2 is 2.35 bits per heavy atom. The van der Waals surface area contributed by atoms with Gasteiger partial charge in [-0.3, -0.25) is 0 Å². The molecule has 0 saturated carbocycles. The monoisotopic (exact) mass is 236 g/mol. The van der Waals surface area contributed by atoms with Crippen LogP contribution in [0, 0.1) is 5.82 Å². The van der Waals surface area contributed by atoms with E-state index in [0.717, 1.165) is 5.39 Å². The number of halogens is 1. The van der Waals surface area contributed by atoms with Crippen molar-refractivity contribution in [3.63, 3.8) is 0 Å². The molecule has 1 atom stereocenters. The average Bonchev–Trinajstić information content (AvgIpc) is 2.71. The number of H-pyrrole nitrogens is 1. The largest absolute Gasteiger partial charge is 0.465 e. The Hall–Kier alpha value is -1.88. The summed E-state index contributed by atoms with van der Waals surface area (Å²) in [4.78, 5) is 14.4. The molecule has 0 bridgehead atoms. The normalized spacial score (nSPS) is 12.6. The van der Waals surface area contributed by atoms with E-state index in [2.05, 4.69) is 4.98 Å². The summed E-state index contributed by atoms with van der Waals surface area (Å²) in [6, 6.07) is 3.43. The molecule has 2 aromatic rings. The van der Waals surface area contributed by atoms with E-state index in [9.17, 15) is 9.18 Å². The minimum Gasteiger partial charge on any atom is -0.465 e. The molecule has 2 rings (SSSR count). The molecule has 0 aliphatic carbocycles. The molecule has 0 fully saturated rings. The number of benzene rings is 1. The Morgan fingerprint density at radius 3 is 3.06 bits per heavy atom. The number of carbonyl (C=O) groups excluding carboxylic acids is 1. The maximum Gasteiger partial charge on any atom is 0.327 e. The van der Waals surface area contributed by atoms with Crippen molar-refractivity contribution in [3.05, 3.63) is 35.8 Å². The zero-order valence-electron chi connectivity index (χ0n) is 9.37. The van der Waals surface area contributed by atoms with Crippen LogP contribution in [-0.2, 0) is 9.53 Å². The minimum absolute atomic E-state index is 0.281. The summed E-state index contributed by atoms with van der Waals surface area (Å²) in [6.45, 7) is 2.00. The van der Waals surface area contributed by atoms with Crippen molar-refractivity contribution >= 4 is 16.9 Å². The van der Waals surface area contributed by atoms with Crippen LogP contribution in [0.15, 0.2) is 24.4 Å². The minimum atomic E-state index is -0.853. The van der Waals surface area contributed by atoms with Crippen molar-refractivity contribution in [1.82, 2.24) is 4.98 Å². The number of hydrogen-bond acceptors (Lipinski definition) is 3. The number of rotatable bonds is 3. The lowest BCUT2D eigenvalue weighted by Gasteiger charge is -2.09. The highest BCUT2D eigenvalue weighted by molar-refractivity contribution is 5.89. The zero-order chi connectivity index (χ0) is 12.4. The van der Waals surface area contributed by atoms with Crippen LogP contribution in [-0.4, -0.2) is 17.6 Å². The highest BCUT2D eigenvalue weighted by Gasteiger charge is 2.20. The molecule has 17 heavy (non-hydrogen) atoms. The van der Waals surface area contributed by atoms with Gasteiger partial charge in [0.05, 0.1) is 6.61 Å². The summed E-state index contributed by atoms with van der Waals surface area (Å²) < 4.78 is 17.8. The maximum absolute atomic E-state index is 13.0. The van der Waals surface area contributed by atoms with Gasteiger partial charge in [0.15, 0.2) is 0 Å². The standard InChI is InChI=1S/C12H13FN2O2/c1-2-17-12(16)11(14)9-6-15-10-5-7(13)3-4-8(9)10/h3-6,11,15H,2,14H2,1H3. The Balaban J connectivity index is 2.39. The van der Waals surface area contributed by atoms with Crippen LogP contribution in [0.4, 0.5) is 4.39 Å². The first-order chi connectivity index (χ1) is 8.13. The summed E-state index contributed by atoms with van der Waals surface area (Å²) in [6.07, 6.45) is 1.60. The van der Waals surface area contributed by atoms with Gasteiger partial charge in [-0.15, -0.1) is 0 Å². The first-order valence-electron chi connectivity index (χ1n) is 5.32. The molecule has 0 spiro atoms. The van der Waals surface area contributed by atoms with Crippen molar-refractivity contribution in [1.29, 1.82) is 0 Å². The number of aromatic amines is 1. The van der Waals surface area contributed by atoms with Crippen LogP contribution in [0.3, 0.4) is 0 Å². The van der Waals surface area contributed by atoms with Crippen LogP contribution < -0.4 is 5.73 Å². The van der Waals surface area contributed by atoms with Crippen LogP contribution in [0.5, 0.6) is 0 Å². The number of ether oxygens (including phenoxy) is 1. The lowest BCUT2D eigenvalue weighted by atomic mass is 10.1. The summed E-state index contributed by atoms with van der Waals surface area (Å²) in [7, 11) is 0. The summed E-state index contributed by atoms with van der Waals surface area (Å²) in [5, 5.41) is 0.729. The Bertz CT molecular complexity index is 550. The fraction of sp³-hybridized carbons (Fsp3) is 0.250. The predicted molar refractivity (Wildman–Crippen MR) is 61.8 cm³/mol. The molecule has 1 aromatic carbocycles. The summed E-state index contributed by atoms with van der Waals surface area (Å²) >= 11 is 0. The lowest BCUT2D eigenvalue weighted by molar-refractivity contribution is -0.144. The van der Waals surface area contributed by atoms with Gasteiger partial charge < -0.3 is 15.5 Å². The van der Waals surface area contributed by atoms with E-state index >= 15 is 0 Å². The molecular weight excluding hydrogens is 223 g/mol. The number of nitrogens with one attached hydrogen (secondary N) is 1. The smallest absolute Gasteiger partial charge is 0.327 e. The number of esters is 1. The Morgan fingerprint density at radius 1 is 1.59 bits per heavy atom. The van der Waals surface area contributed by atoms with Gasteiger partial charge in [0.2, 0.25) is 0 Å². The number of aromatic nitrogens is 1. The second-order valence-electron chi connectivity index (χ2n) is 3.66. The maximum atomic E-state index is 13.0. The predicted octanol–water partition coefficient (Wildman–Crippen LogP) is 1.87. The third-order valence-electron chi connectivity index (χ3n) is 2.55. The van der Waals surface area contributed by atoms with E-state index in [1.165, 1.54) is 12.1 Å². The highest BCUT2D eigenvalue weighted by atomic mass is 19.1. The van der Waals surface area contributed by atoms with Gasteiger partial charge in [-0.1, -0.05) is 0 Å². The van der Waals surface area contributed by atoms with Crippen molar-refractivity contribution in [3.8, 4) is 0 Å². The van der Waals surface area contributed by atoms with Gasteiger partial charge >= 0.3 is 5.97 Å². The molecule has 1 unspecified atom stereocenters. The molecule has 4 nitrogen and oxygen atoms in total. The zero-order valence-corrected chi connectivity index (χ0v) is 9.37. The van der Waals surface area contributed by atoms with E-state index in [1.54, 1.807) is 19.2 Å². The molecule has 0 aliphatic heterocycles. The third-order valence-corrected chi connectivity index (χ3v) is 2.55. The van der Waals surface area contributed by atoms with Crippen LogP contribution >= 0.6 is 0 Å². The average molecular weight is 236 g/mol. The number of carbonyl (C=O) groups is 1. The first-order valence-corrected chi connectivity index (χ1v) is 5.32. The van der Waals surface area contributed by atoms with E-state index in [1.807, 2.05) is 0 Å². The quantitative estimate of drug-likeness (QED) is 0.799. The van der Waals surface area contributed by atoms with Gasteiger partial charge in [0.25, 0.3) is 0 Å². The Kier molecular flexibility index (Phi) is 3.10. The van der Waals surface area contributed by atoms with Gasteiger partial charge in [-0.2, -0.15) is 0 Å². The topological polar surface area (TPSA) is 68.1 Å². The van der Waals surface area contributed by atoms with Crippen molar-refractivity contribution < 1.29 is 13.9 Å². The van der Waals surface area contributed by atoms with Gasteiger partial charge in [0, 0.05) is 22.7 Å². The van der Waals surface area contributed by atoms with Crippen molar-refractivity contribution in [2.45, 2.75) is 13.0 Å². The van der Waals surface area contributed by atoms with E-state index in [4.69, 9.17) is 10.5 Å². The summed E-state index contributed by atoms with van der Waals surface area (Å²) in [5.41, 5.74) is 7.01.